The first-order chi connectivity index (χ1) is 11.0. The van der Waals surface area contributed by atoms with Crippen LogP contribution in [0.15, 0.2) is 42.5 Å². The summed E-state index contributed by atoms with van der Waals surface area (Å²) in [5, 5.41) is 13.5. The molecule has 0 saturated heterocycles. The van der Waals surface area contributed by atoms with E-state index in [9.17, 15) is 14.9 Å². The number of non-ortho nitro benzene ring substituents is 1. The number of rotatable bonds is 6. The summed E-state index contributed by atoms with van der Waals surface area (Å²) in [6.45, 7) is 1.83. The Hall–Kier alpha value is -2.60. The molecule has 0 atom stereocenters. The van der Waals surface area contributed by atoms with Crippen LogP contribution in [-0.4, -0.2) is 17.4 Å². The first kappa shape index (κ1) is 16.8. The number of nitrogens with one attached hydrogen (secondary N) is 1. The number of carbonyl (C=O) groups is 1. The van der Waals surface area contributed by atoms with E-state index >= 15 is 0 Å². The van der Waals surface area contributed by atoms with Crippen LogP contribution in [0.5, 0.6) is 5.75 Å². The highest BCUT2D eigenvalue weighted by atomic mass is 35.5. The van der Waals surface area contributed by atoms with Gasteiger partial charge in [-0.25, -0.2) is 0 Å². The number of amides is 1. The third-order valence-corrected chi connectivity index (χ3v) is 3.47. The number of hydrogen-bond donors (Lipinski definition) is 1. The maximum Gasteiger partial charge on any atom is 0.271 e. The first-order valence-electron chi connectivity index (χ1n) is 6.95. The van der Waals surface area contributed by atoms with Crippen LogP contribution in [0.25, 0.3) is 0 Å². The van der Waals surface area contributed by atoms with E-state index in [0.717, 1.165) is 6.42 Å². The van der Waals surface area contributed by atoms with E-state index in [4.69, 9.17) is 16.3 Å². The molecule has 0 aliphatic rings. The van der Waals surface area contributed by atoms with E-state index in [1.54, 1.807) is 12.1 Å². The molecule has 0 saturated carbocycles. The van der Waals surface area contributed by atoms with E-state index in [0.29, 0.717) is 5.75 Å². The molecule has 0 aliphatic heterocycles. The Labute approximate surface area is 138 Å². The summed E-state index contributed by atoms with van der Waals surface area (Å²) in [7, 11) is 0. The second kappa shape index (κ2) is 7.60. The quantitative estimate of drug-likeness (QED) is 0.643. The number of aryl methyl sites for hydroxylation is 1. The van der Waals surface area contributed by atoms with Crippen LogP contribution in [-0.2, 0) is 11.2 Å². The van der Waals surface area contributed by atoms with Gasteiger partial charge in [-0.2, -0.15) is 0 Å². The van der Waals surface area contributed by atoms with Crippen LogP contribution in [0, 0.1) is 10.1 Å². The van der Waals surface area contributed by atoms with Crippen molar-refractivity contribution >= 4 is 28.9 Å². The van der Waals surface area contributed by atoms with E-state index in [1.165, 1.54) is 23.8 Å². The molecule has 0 unspecified atom stereocenters. The van der Waals surface area contributed by atoms with Crippen molar-refractivity contribution in [1.82, 2.24) is 0 Å². The minimum absolute atomic E-state index is 0.152. The van der Waals surface area contributed by atoms with Crippen molar-refractivity contribution in [2.75, 3.05) is 11.9 Å². The molecular weight excluding hydrogens is 320 g/mol. The Bertz CT molecular complexity index is 717. The van der Waals surface area contributed by atoms with Gasteiger partial charge in [-0.15, -0.1) is 0 Å². The van der Waals surface area contributed by atoms with E-state index < -0.39 is 10.8 Å². The Morgan fingerprint density at radius 3 is 2.57 bits per heavy atom. The average Bonchev–Trinajstić information content (AvgIpc) is 2.55. The third kappa shape index (κ3) is 4.69. The molecule has 2 rings (SSSR count). The number of nitrogens with zero attached hydrogens (tertiary/aromatic N) is 1. The molecule has 7 heteroatoms. The summed E-state index contributed by atoms with van der Waals surface area (Å²) >= 11 is 5.92. The Kier molecular flexibility index (Phi) is 5.54. The number of anilines is 1. The smallest absolute Gasteiger partial charge is 0.271 e. The fourth-order valence-corrected chi connectivity index (χ4v) is 2.04. The molecular formula is C16H15ClN2O4. The van der Waals surface area contributed by atoms with Crippen LogP contribution >= 0.6 is 11.6 Å². The average molecular weight is 335 g/mol. The van der Waals surface area contributed by atoms with Crippen LogP contribution < -0.4 is 10.1 Å². The molecule has 0 radical (unpaired) electrons. The summed E-state index contributed by atoms with van der Waals surface area (Å²) in [4.78, 5) is 22.1. The van der Waals surface area contributed by atoms with Gasteiger partial charge in [0.25, 0.3) is 11.6 Å². The largest absolute Gasteiger partial charge is 0.484 e. The number of benzene rings is 2. The summed E-state index contributed by atoms with van der Waals surface area (Å²) < 4.78 is 5.37. The molecule has 23 heavy (non-hydrogen) atoms. The first-order valence-corrected chi connectivity index (χ1v) is 7.33. The van der Waals surface area contributed by atoms with Gasteiger partial charge in [0.2, 0.25) is 0 Å². The molecule has 6 nitrogen and oxygen atoms in total. The number of ether oxygens (including phenoxy) is 1. The predicted molar refractivity (Wildman–Crippen MR) is 88.1 cm³/mol. The van der Waals surface area contributed by atoms with Crippen molar-refractivity contribution in [3.05, 3.63) is 63.2 Å². The van der Waals surface area contributed by atoms with Gasteiger partial charge in [-0.3, -0.25) is 14.9 Å². The van der Waals surface area contributed by atoms with Crippen molar-refractivity contribution < 1.29 is 14.5 Å². The van der Waals surface area contributed by atoms with Crippen LogP contribution in [0.2, 0.25) is 5.02 Å². The van der Waals surface area contributed by atoms with Crippen LogP contribution in [0.4, 0.5) is 11.4 Å². The van der Waals surface area contributed by atoms with Gasteiger partial charge in [-0.05, 0) is 30.2 Å². The number of carbonyl (C=O) groups excluding carboxylic acids is 1. The number of nitro benzene ring substituents is 1. The predicted octanol–water partition coefficient (Wildman–Crippen LogP) is 3.83. The monoisotopic (exact) mass is 334 g/mol. The zero-order chi connectivity index (χ0) is 16.8. The van der Waals surface area contributed by atoms with Gasteiger partial charge in [0.15, 0.2) is 6.61 Å². The zero-order valence-electron chi connectivity index (χ0n) is 12.4. The maximum atomic E-state index is 11.9. The molecule has 0 aromatic heterocycles. The van der Waals surface area contributed by atoms with E-state index in [-0.39, 0.29) is 23.0 Å². The van der Waals surface area contributed by atoms with Crippen molar-refractivity contribution in [2.24, 2.45) is 0 Å². The molecule has 120 valence electrons. The highest BCUT2D eigenvalue weighted by molar-refractivity contribution is 6.33. The van der Waals surface area contributed by atoms with Crippen molar-refractivity contribution in [3.63, 3.8) is 0 Å². The van der Waals surface area contributed by atoms with Gasteiger partial charge in [-0.1, -0.05) is 30.7 Å². The van der Waals surface area contributed by atoms with Crippen molar-refractivity contribution in [1.29, 1.82) is 0 Å². The van der Waals surface area contributed by atoms with Crippen molar-refractivity contribution in [2.45, 2.75) is 13.3 Å². The molecule has 0 spiro atoms. The van der Waals surface area contributed by atoms with Gasteiger partial charge < -0.3 is 10.1 Å². The Morgan fingerprint density at radius 1 is 1.26 bits per heavy atom. The third-order valence-electron chi connectivity index (χ3n) is 3.14. The SMILES string of the molecule is CCc1ccc(OCC(=O)Nc2cc([N+](=O)[O-])ccc2Cl)cc1. The lowest BCUT2D eigenvalue weighted by atomic mass is 10.2. The fraction of sp³-hybridized carbons (Fsp3) is 0.188. The summed E-state index contributed by atoms with van der Waals surface area (Å²) in [6, 6.07) is 11.2. The molecule has 1 N–H and O–H groups in total. The number of hydrogen-bond acceptors (Lipinski definition) is 4. The van der Waals surface area contributed by atoms with E-state index in [2.05, 4.69) is 5.32 Å². The van der Waals surface area contributed by atoms with Gasteiger partial charge in [0.05, 0.1) is 15.6 Å². The summed E-state index contributed by atoms with van der Waals surface area (Å²) in [5.74, 6) is 0.120. The topological polar surface area (TPSA) is 81.5 Å². The molecule has 2 aromatic carbocycles. The van der Waals surface area contributed by atoms with Gasteiger partial charge in [0, 0.05) is 12.1 Å². The number of nitro groups is 1. The molecule has 0 bridgehead atoms. The highest BCUT2D eigenvalue weighted by Crippen LogP contribution is 2.26. The normalized spacial score (nSPS) is 10.2. The standard InChI is InChI=1S/C16H15ClN2O4/c1-2-11-3-6-13(7-4-11)23-10-16(20)18-15-9-12(19(21)22)5-8-14(15)17/h3-9H,2,10H2,1H3,(H,18,20). The van der Waals surface area contributed by atoms with Gasteiger partial charge in [0.1, 0.15) is 5.75 Å². The Balaban J connectivity index is 1.96. The lowest BCUT2D eigenvalue weighted by molar-refractivity contribution is -0.384. The molecule has 0 aliphatic carbocycles. The van der Waals surface area contributed by atoms with Crippen LogP contribution in [0.1, 0.15) is 12.5 Å². The maximum absolute atomic E-state index is 11.9. The second-order valence-corrected chi connectivity index (χ2v) is 5.16. The Morgan fingerprint density at radius 2 is 1.96 bits per heavy atom. The lowest BCUT2D eigenvalue weighted by Gasteiger charge is -2.09. The highest BCUT2D eigenvalue weighted by Gasteiger charge is 2.12. The molecule has 1 amide bonds. The zero-order valence-corrected chi connectivity index (χ0v) is 13.2. The number of halogens is 1. The minimum atomic E-state index is -0.558. The minimum Gasteiger partial charge on any atom is -0.484 e. The summed E-state index contributed by atoms with van der Waals surface area (Å²) in [6.07, 6.45) is 0.923. The van der Waals surface area contributed by atoms with Gasteiger partial charge >= 0.3 is 0 Å². The van der Waals surface area contributed by atoms with Crippen molar-refractivity contribution in [3.8, 4) is 5.75 Å². The second-order valence-electron chi connectivity index (χ2n) is 4.76. The fourth-order valence-electron chi connectivity index (χ4n) is 1.88. The van der Waals surface area contributed by atoms with Crippen LogP contribution in [0.3, 0.4) is 0 Å². The lowest BCUT2D eigenvalue weighted by Crippen LogP contribution is -2.20. The molecule has 2 aromatic rings. The summed E-state index contributed by atoms with van der Waals surface area (Å²) in [5.41, 5.74) is 1.20. The molecule has 0 heterocycles. The van der Waals surface area contributed by atoms with E-state index in [1.807, 2.05) is 19.1 Å². The molecule has 0 fully saturated rings.